The van der Waals surface area contributed by atoms with Gasteiger partial charge < -0.3 is 24.8 Å². The van der Waals surface area contributed by atoms with Gasteiger partial charge in [-0.3, -0.25) is 0 Å². The Morgan fingerprint density at radius 3 is 2.58 bits per heavy atom. The monoisotopic (exact) mass is 424 g/mol. The van der Waals surface area contributed by atoms with Crippen molar-refractivity contribution < 1.29 is 24.8 Å². The molecular weight excluding hydrogens is 392 g/mol. The minimum Gasteiger partial charge on any atom is -0.507 e. The van der Waals surface area contributed by atoms with Crippen molar-refractivity contribution in [1.82, 2.24) is 0 Å². The van der Waals surface area contributed by atoms with Gasteiger partial charge in [0, 0.05) is 28.7 Å². The van der Waals surface area contributed by atoms with Crippen LogP contribution in [0, 0.1) is 5.92 Å². The summed E-state index contributed by atoms with van der Waals surface area (Å²) < 4.78 is 11.5. The zero-order valence-corrected chi connectivity index (χ0v) is 18.9. The normalized spacial score (nSPS) is 15.6. The third-order valence-corrected chi connectivity index (χ3v) is 5.57. The molecule has 1 atom stereocenters. The molecule has 0 spiro atoms. The molecule has 2 aromatic rings. The second-order valence-corrected chi connectivity index (χ2v) is 8.62. The highest BCUT2D eigenvalue weighted by Crippen LogP contribution is 2.46. The first-order valence-corrected chi connectivity index (χ1v) is 10.6. The maximum Gasteiger partial charge on any atom is 0.130 e. The van der Waals surface area contributed by atoms with Crippen LogP contribution in [0.25, 0.3) is 6.08 Å². The summed E-state index contributed by atoms with van der Waals surface area (Å²) in [4.78, 5) is 0. The smallest absolute Gasteiger partial charge is 0.130 e. The summed E-state index contributed by atoms with van der Waals surface area (Å²) in [5.74, 6) is 1.59. The van der Waals surface area contributed by atoms with Crippen molar-refractivity contribution in [3.8, 4) is 28.7 Å². The molecule has 1 aliphatic heterocycles. The van der Waals surface area contributed by atoms with Crippen LogP contribution in [-0.2, 0) is 12.8 Å². The molecule has 31 heavy (non-hydrogen) atoms. The average Bonchev–Trinajstić information content (AvgIpc) is 2.72. The van der Waals surface area contributed by atoms with Crippen LogP contribution in [0.1, 0.15) is 55.9 Å². The number of phenols is 3. The van der Waals surface area contributed by atoms with Gasteiger partial charge in [0.2, 0.25) is 0 Å². The molecule has 1 aliphatic rings. The largest absolute Gasteiger partial charge is 0.507 e. The molecule has 0 bridgehead atoms. The van der Waals surface area contributed by atoms with Crippen LogP contribution in [0.4, 0.5) is 0 Å². The van der Waals surface area contributed by atoms with E-state index in [4.69, 9.17) is 9.47 Å². The van der Waals surface area contributed by atoms with E-state index in [2.05, 4.69) is 0 Å². The Morgan fingerprint density at radius 1 is 1.19 bits per heavy atom. The van der Waals surface area contributed by atoms with Gasteiger partial charge in [-0.15, -0.1) is 0 Å². The molecule has 5 heteroatoms. The molecule has 0 unspecified atom stereocenters. The molecule has 0 radical (unpaired) electrons. The molecule has 0 saturated carbocycles. The van der Waals surface area contributed by atoms with E-state index in [0.717, 1.165) is 11.1 Å². The standard InChI is InChI=1S/C26H32O5/c1-15(2)6-8-19-22(27)11-10-18(25(19)28)17-12-21-24(31-14-17)13-23(30-5)20(26(21)29)9-7-16(3)4/h6-8,10-11,13,15,17,27-29H,9,12,14H2,1-5H3/b8-6+/t17-/m0/s1. The maximum absolute atomic E-state index is 11.0. The maximum atomic E-state index is 11.0. The number of benzene rings is 2. The number of methoxy groups -OCH3 is 1. The van der Waals surface area contributed by atoms with E-state index in [1.807, 2.05) is 45.9 Å². The van der Waals surface area contributed by atoms with E-state index in [1.54, 1.807) is 25.3 Å². The quantitative estimate of drug-likeness (QED) is 0.518. The van der Waals surface area contributed by atoms with Crippen molar-refractivity contribution in [3.63, 3.8) is 0 Å². The lowest BCUT2D eigenvalue weighted by atomic mass is 9.86. The highest BCUT2D eigenvalue weighted by atomic mass is 16.5. The topological polar surface area (TPSA) is 79.2 Å². The summed E-state index contributed by atoms with van der Waals surface area (Å²) in [7, 11) is 1.58. The number of hydrogen-bond acceptors (Lipinski definition) is 5. The van der Waals surface area contributed by atoms with Gasteiger partial charge in [-0.1, -0.05) is 43.7 Å². The molecule has 0 amide bonds. The molecular formula is C26H32O5. The summed E-state index contributed by atoms with van der Waals surface area (Å²) in [6, 6.07) is 5.15. The Labute approximate surface area is 184 Å². The highest BCUT2D eigenvalue weighted by molar-refractivity contribution is 5.67. The minimum atomic E-state index is -0.158. The SMILES string of the molecule is COc1cc2c(c(O)c1CC=C(C)C)C[C@H](c1ccc(O)c(/C=C/C(C)C)c1O)CO2. The van der Waals surface area contributed by atoms with Gasteiger partial charge in [0.05, 0.1) is 19.3 Å². The minimum absolute atomic E-state index is 0.0341. The highest BCUT2D eigenvalue weighted by Gasteiger charge is 2.29. The zero-order chi connectivity index (χ0) is 22.7. The predicted octanol–water partition coefficient (Wildman–Crippen LogP) is 5.71. The molecule has 0 aromatic heterocycles. The number of allylic oxidation sites excluding steroid dienone is 3. The van der Waals surface area contributed by atoms with Crippen molar-refractivity contribution >= 4 is 6.08 Å². The van der Waals surface area contributed by atoms with E-state index < -0.39 is 0 Å². The average molecular weight is 425 g/mol. The van der Waals surface area contributed by atoms with Gasteiger partial charge in [-0.2, -0.15) is 0 Å². The van der Waals surface area contributed by atoms with Crippen LogP contribution < -0.4 is 9.47 Å². The molecule has 3 N–H and O–H groups in total. The fraction of sp³-hybridized carbons (Fsp3) is 0.385. The number of ether oxygens (including phenoxy) is 2. The number of fused-ring (bicyclic) bond motifs is 1. The van der Waals surface area contributed by atoms with E-state index in [9.17, 15) is 15.3 Å². The fourth-order valence-corrected chi connectivity index (χ4v) is 3.81. The lowest BCUT2D eigenvalue weighted by Crippen LogP contribution is -2.20. The van der Waals surface area contributed by atoms with Gasteiger partial charge >= 0.3 is 0 Å². The molecule has 0 fully saturated rings. The second kappa shape index (κ2) is 9.38. The number of rotatable bonds is 6. The lowest BCUT2D eigenvalue weighted by molar-refractivity contribution is 0.253. The molecule has 166 valence electrons. The van der Waals surface area contributed by atoms with E-state index in [-0.39, 0.29) is 23.2 Å². The van der Waals surface area contributed by atoms with Crippen LogP contribution in [0.15, 0.2) is 35.9 Å². The number of hydrogen-bond donors (Lipinski definition) is 3. The zero-order valence-electron chi connectivity index (χ0n) is 18.9. The van der Waals surface area contributed by atoms with Gasteiger partial charge in [-0.25, -0.2) is 0 Å². The Hall–Kier alpha value is -3.08. The van der Waals surface area contributed by atoms with E-state index in [1.165, 1.54) is 0 Å². The first-order valence-electron chi connectivity index (χ1n) is 10.6. The first-order chi connectivity index (χ1) is 14.7. The Kier molecular flexibility index (Phi) is 6.84. The van der Waals surface area contributed by atoms with Gasteiger partial charge in [0.1, 0.15) is 28.7 Å². The molecule has 3 rings (SSSR count). The summed E-state index contributed by atoms with van der Waals surface area (Å²) in [5, 5.41) is 32.1. The second-order valence-electron chi connectivity index (χ2n) is 8.62. The van der Waals surface area contributed by atoms with Crippen molar-refractivity contribution in [1.29, 1.82) is 0 Å². The summed E-state index contributed by atoms with van der Waals surface area (Å²) in [6.07, 6.45) is 6.79. The van der Waals surface area contributed by atoms with Crippen molar-refractivity contribution in [2.24, 2.45) is 5.92 Å². The number of phenolic OH excluding ortho intramolecular Hbond substituents is 3. The van der Waals surface area contributed by atoms with Crippen LogP contribution in [-0.4, -0.2) is 29.0 Å². The van der Waals surface area contributed by atoms with Crippen molar-refractivity contribution in [2.45, 2.75) is 46.5 Å². The van der Waals surface area contributed by atoms with Crippen LogP contribution in [0.3, 0.4) is 0 Å². The Balaban J connectivity index is 2.00. The van der Waals surface area contributed by atoms with Gasteiger partial charge in [0.25, 0.3) is 0 Å². The van der Waals surface area contributed by atoms with E-state index >= 15 is 0 Å². The fourth-order valence-electron chi connectivity index (χ4n) is 3.81. The Morgan fingerprint density at radius 2 is 1.94 bits per heavy atom. The first kappa shape index (κ1) is 22.6. The summed E-state index contributed by atoms with van der Waals surface area (Å²) in [5.41, 5.74) is 3.68. The molecule has 1 heterocycles. The molecule has 2 aromatic carbocycles. The summed E-state index contributed by atoms with van der Waals surface area (Å²) >= 11 is 0. The lowest BCUT2D eigenvalue weighted by Gasteiger charge is -2.28. The van der Waals surface area contributed by atoms with Crippen LogP contribution >= 0.6 is 0 Å². The van der Waals surface area contributed by atoms with E-state index in [0.29, 0.717) is 53.6 Å². The van der Waals surface area contributed by atoms with Crippen molar-refractivity contribution in [2.75, 3.05) is 13.7 Å². The summed E-state index contributed by atoms with van der Waals surface area (Å²) in [6.45, 7) is 8.45. The molecule has 5 nitrogen and oxygen atoms in total. The third-order valence-electron chi connectivity index (χ3n) is 5.57. The predicted molar refractivity (Wildman–Crippen MR) is 123 cm³/mol. The Bertz CT molecular complexity index is 1010. The van der Waals surface area contributed by atoms with Crippen molar-refractivity contribution in [3.05, 3.63) is 58.2 Å². The van der Waals surface area contributed by atoms with Crippen LogP contribution in [0.2, 0.25) is 0 Å². The third kappa shape index (κ3) is 4.82. The molecule has 0 aliphatic carbocycles. The van der Waals surface area contributed by atoms with Gasteiger partial charge in [-0.05, 0) is 38.7 Å². The molecule has 0 saturated heterocycles. The number of aromatic hydroxyl groups is 3. The van der Waals surface area contributed by atoms with Crippen LogP contribution in [0.5, 0.6) is 28.7 Å². The van der Waals surface area contributed by atoms with Gasteiger partial charge in [0.15, 0.2) is 0 Å².